The van der Waals surface area contributed by atoms with Crippen LogP contribution in [0.3, 0.4) is 0 Å². The van der Waals surface area contributed by atoms with Crippen molar-refractivity contribution in [1.29, 1.82) is 0 Å². The van der Waals surface area contributed by atoms with Gasteiger partial charge in [-0.3, -0.25) is 0 Å². The second-order valence-electron chi connectivity index (χ2n) is 5.30. The summed E-state index contributed by atoms with van der Waals surface area (Å²) in [4.78, 5) is 5.21. The van der Waals surface area contributed by atoms with Crippen molar-refractivity contribution in [2.45, 2.75) is 19.8 Å². The molecular weight excluding hydrogens is 198 g/mol. The normalized spacial score (nSPS) is 26.2. The molecule has 0 N–H and O–H groups in total. The lowest BCUT2D eigenvalue weighted by molar-refractivity contribution is -0.532. The van der Waals surface area contributed by atoms with Gasteiger partial charge in [0.2, 0.25) is 0 Å². The van der Waals surface area contributed by atoms with Gasteiger partial charge in [-0.15, -0.1) is 0 Å². The van der Waals surface area contributed by atoms with E-state index in [0.717, 1.165) is 5.92 Å². The van der Waals surface area contributed by atoms with Gasteiger partial charge in [0.1, 0.15) is 19.8 Å². The Balaban J connectivity index is 1.68. The van der Waals surface area contributed by atoms with E-state index in [1.807, 2.05) is 0 Å². The summed E-state index contributed by atoms with van der Waals surface area (Å²) in [5, 5.41) is 0. The van der Waals surface area contributed by atoms with Gasteiger partial charge in [-0.05, 0) is 12.5 Å². The Morgan fingerprint density at radius 1 is 1.06 bits per heavy atom. The van der Waals surface area contributed by atoms with E-state index in [1.54, 1.807) is 0 Å². The number of hydrogen-bond donors (Lipinski definition) is 0. The lowest BCUT2D eigenvalue weighted by Gasteiger charge is -2.36. The van der Waals surface area contributed by atoms with Crippen LogP contribution in [0.4, 0.5) is 0 Å². The minimum atomic E-state index is 0.922. The highest BCUT2D eigenvalue weighted by molar-refractivity contribution is 5.14. The predicted octanol–water partition coefficient (Wildman–Crippen LogP) is 0.747. The van der Waals surface area contributed by atoms with Gasteiger partial charge >= 0.3 is 0 Å². The van der Waals surface area contributed by atoms with Crippen LogP contribution in [0, 0.1) is 5.92 Å². The molecule has 0 unspecified atom stereocenters. The molecule has 2 aliphatic heterocycles. The lowest BCUT2D eigenvalue weighted by atomic mass is 9.97. The minimum absolute atomic E-state index is 0.922. The topological polar surface area (TPSA) is 9.49 Å². The third-order valence-electron chi connectivity index (χ3n) is 4.14. The number of rotatable bonds is 3. The molecule has 2 aliphatic rings. The number of piperidine rings is 1. The Kier molecular flexibility index (Phi) is 4.36. The van der Waals surface area contributed by atoms with Crippen LogP contribution in [-0.4, -0.2) is 73.5 Å². The zero-order chi connectivity index (χ0) is 11.4. The fourth-order valence-electron chi connectivity index (χ4n) is 2.82. The molecule has 2 rings (SSSR count). The highest BCUT2D eigenvalue weighted by atomic mass is 15.3. The first kappa shape index (κ1) is 12.1. The summed E-state index contributed by atoms with van der Waals surface area (Å²) in [6.07, 6.45) is 2.69. The summed E-state index contributed by atoms with van der Waals surface area (Å²) in [5.41, 5.74) is 0. The molecular formula is C13H26N3+. The van der Waals surface area contributed by atoms with Crippen molar-refractivity contribution in [3.8, 4) is 0 Å². The number of hydrogen-bond acceptors (Lipinski definition) is 2. The van der Waals surface area contributed by atoms with Gasteiger partial charge in [0, 0.05) is 45.6 Å². The van der Waals surface area contributed by atoms with E-state index in [-0.39, 0.29) is 0 Å². The highest BCUT2D eigenvalue weighted by Crippen LogP contribution is 2.16. The number of likely N-dealkylation sites (N-methyl/N-ethyl adjacent to an activating group) is 1. The standard InChI is InChI=1S/C13H26N3/c1-3-15-8-10-16(11-9-15)12-13-4-6-14(2)7-5-13/h13H,2-12H2,1H3/q+1. The minimum Gasteiger partial charge on any atom is -0.301 e. The average Bonchev–Trinajstić information content (AvgIpc) is 2.33. The summed E-state index contributed by atoms with van der Waals surface area (Å²) < 4.78 is 2.21. The van der Waals surface area contributed by atoms with Gasteiger partial charge in [0.05, 0.1) is 0 Å². The highest BCUT2D eigenvalue weighted by Gasteiger charge is 2.23. The monoisotopic (exact) mass is 224 g/mol. The van der Waals surface area contributed by atoms with E-state index in [2.05, 4.69) is 28.0 Å². The lowest BCUT2D eigenvalue weighted by Crippen LogP contribution is -2.48. The molecule has 2 heterocycles. The summed E-state index contributed by atoms with van der Waals surface area (Å²) >= 11 is 0. The Morgan fingerprint density at radius 3 is 2.19 bits per heavy atom. The van der Waals surface area contributed by atoms with E-state index in [9.17, 15) is 0 Å². The summed E-state index contributed by atoms with van der Waals surface area (Å²) in [5.74, 6) is 0.922. The zero-order valence-electron chi connectivity index (χ0n) is 10.7. The van der Waals surface area contributed by atoms with Crippen LogP contribution in [0.15, 0.2) is 0 Å². The van der Waals surface area contributed by atoms with Gasteiger partial charge in [-0.1, -0.05) is 6.92 Å². The van der Waals surface area contributed by atoms with Crippen LogP contribution in [0.25, 0.3) is 0 Å². The van der Waals surface area contributed by atoms with Crippen molar-refractivity contribution in [2.24, 2.45) is 5.92 Å². The molecule has 0 atom stereocenters. The Labute approximate surface area is 99.7 Å². The summed E-state index contributed by atoms with van der Waals surface area (Å²) in [6.45, 7) is 16.3. The van der Waals surface area contributed by atoms with Gasteiger partial charge in [0.15, 0.2) is 0 Å². The van der Waals surface area contributed by atoms with E-state index in [1.165, 1.54) is 65.2 Å². The van der Waals surface area contributed by atoms with Crippen LogP contribution < -0.4 is 0 Å². The average molecular weight is 224 g/mol. The van der Waals surface area contributed by atoms with Crippen molar-refractivity contribution >= 4 is 6.72 Å². The third-order valence-corrected chi connectivity index (χ3v) is 4.14. The first-order valence-corrected chi connectivity index (χ1v) is 6.78. The second-order valence-corrected chi connectivity index (χ2v) is 5.30. The molecule has 0 aromatic heterocycles. The van der Waals surface area contributed by atoms with Gasteiger partial charge in [-0.25, -0.2) is 4.58 Å². The van der Waals surface area contributed by atoms with E-state index in [4.69, 9.17) is 0 Å². The van der Waals surface area contributed by atoms with Crippen molar-refractivity contribution in [3.63, 3.8) is 0 Å². The van der Waals surface area contributed by atoms with E-state index >= 15 is 0 Å². The van der Waals surface area contributed by atoms with E-state index < -0.39 is 0 Å². The van der Waals surface area contributed by atoms with Crippen LogP contribution in [-0.2, 0) is 0 Å². The largest absolute Gasteiger partial charge is 0.301 e. The van der Waals surface area contributed by atoms with Crippen molar-refractivity contribution in [3.05, 3.63) is 0 Å². The summed E-state index contributed by atoms with van der Waals surface area (Å²) in [7, 11) is 0. The molecule has 0 aromatic rings. The molecule has 3 nitrogen and oxygen atoms in total. The van der Waals surface area contributed by atoms with Crippen molar-refractivity contribution in [1.82, 2.24) is 9.80 Å². The molecule has 0 saturated carbocycles. The van der Waals surface area contributed by atoms with Crippen LogP contribution in [0.1, 0.15) is 19.8 Å². The van der Waals surface area contributed by atoms with Crippen LogP contribution >= 0.6 is 0 Å². The SMILES string of the molecule is C=[N+]1CCC(CN2CCN(CC)CC2)CC1. The molecule has 0 bridgehead atoms. The predicted molar refractivity (Wildman–Crippen MR) is 68.4 cm³/mol. The van der Waals surface area contributed by atoms with Crippen molar-refractivity contribution in [2.75, 3.05) is 52.4 Å². The molecule has 92 valence electrons. The van der Waals surface area contributed by atoms with Gasteiger partial charge in [0.25, 0.3) is 0 Å². The molecule has 2 saturated heterocycles. The third kappa shape index (κ3) is 3.29. The maximum atomic E-state index is 4.01. The fraction of sp³-hybridized carbons (Fsp3) is 0.923. The van der Waals surface area contributed by atoms with Gasteiger partial charge in [-0.2, -0.15) is 0 Å². The zero-order valence-corrected chi connectivity index (χ0v) is 10.7. The van der Waals surface area contributed by atoms with Crippen molar-refractivity contribution < 1.29 is 4.58 Å². The molecule has 3 heteroatoms. The molecule has 2 fully saturated rings. The Morgan fingerprint density at radius 2 is 1.62 bits per heavy atom. The van der Waals surface area contributed by atoms with E-state index in [0.29, 0.717) is 0 Å². The quantitative estimate of drug-likeness (QED) is 0.654. The molecule has 0 spiro atoms. The molecule has 0 aliphatic carbocycles. The first-order valence-electron chi connectivity index (χ1n) is 6.78. The molecule has 16 heavy (non-hydrogen) atoms. The second kappa shape index (κ2) is 5.78. The maximum absolute atomic E-state index is 4.01. The van der Waals surface area contributed by atoms with Crippen LogP contribution in [0.2, 0.25) is 0 Å². The number of piperazine rings is 1. The molecule has 0 aromatic carbocycles. The Hall–Kier alpha value is -0.410. The molecule has 0 radical (unpaired) electrons. The van der Waals surface area contributed by atoms with Crippen LogP contribution in [0.5, 0.6) is 0 Å². The Bertz CT molecular complexity index is 221. The number of nitrogens with zero attached hydrogens (tertiary/aromatic N) is 3. The maximum Gasteiger partial charge on any atom is 0.142 e. The fourth-order valence-corrected chi connectivity index (χ4v) is 2.82. The smallest absolute Gasteiger partial charge is 0.142 e. The van der Waals surface area contributed by atoms with Gasteiger partial charge < -0.3 is 9.80 Å². The first-order chi connectivity index (χ1) is 7.78. The summed E-state index contributed by atoms with van der Waals surface area (Å²) in [6, 6.07) is 0. The molecule has 0 amide bonds.